The number of carbonyl (C=O) groups excluding carboxylic acids is 1. The zero-order valence-electron chi connectivity index (χ0n) is 16.9. The van der Waals surface area contributed by atoms with Crippen LogP contribution >= 0.6 is 11.3 Å². The van der Waals surface area contributed by atoms with Gasteiger partial charge in [-0.15, -0.1) is 11.3 Å². The second kappa shape index (κ2) is 8.32. The van der Waals surface area contributed by atoms with Gasteiger partial charge in [0.05, 0.1) is 23.1 Å². The van der Waals surface area contributed by atoms with E-state index in [2.05, 4.69) is 15.0 Å². The van der Waals surface area contributed by atoms with Gasteiger partial charge >= 0.3 is 0 Å². The number of carbonyl (C=O) groups is 1. The molecule has 1 saturated heterocycles. The minimum Gasteiger partial charge on any atom is -0.396 e. The molecule has 9 heteroatoms. The van der Waals surface area contributed by atoms with Crippen molar-refractivity contribution in [3.05, 3.63) is 53.2 Å². The van der Waals surface area contributed by atoms with Crippen LogP contribution in [0.4, 0.5) is 15.9 Å². The molecule has 160 valence electrons. The number of pyridine rings is 2. The fourth-order valence-electron chi connectivity index (χ4n) is 4.19. The second-order valence-electron chi connectivity index (χ2n) is 7.86. The minimum absolute atomic E-state index is 0.131. The molecule has 0 saturated carbocycles. The number of rotatable bonds is 4. The number of piperidine rings is 1. The molecule has 1 atom stereocenters. The molecule has 0 radical (unpaired) electrons. The smallest absolute Gasteiger partial charge is 0.270 e. The van der Waals surface area contributed by atoms with Crippen molar-refractivity contribution in [3.63, 3.8) is 0 Å². The molecular weight excluding hydrogens is 417 g/mol. The van der Waals surface area contributed by atoms with Gasteiger partial charge in [-0.3, -0.25) is 9.78 Å². The first kappa shape index (κ1) is 20.0. The Labute approximate surface area is 183 Å². The van der Waals surface area contributed by atoms with Crippen LogP contribution in [0.25, 0.3) is 10.6 Å². The number of aromatic nitrogens is 3. The lowest BCUT2D eigenvalue weighted by Crippen LogP contribution is -2.37. The van der Waals surface area contributed by atoms with Gasteiger partial charge in [0.2, 0.25) is 5.95 Å². The first-order valence-electron chi connectivity index (χ1n) is 10.4. The van der Waals surface area contributed by atoms with E-state index >= 15 is 0 Å². The van der Waals surface area contributed by atoms with Crippen LogP contribution in [0.2, 0.25) is 0 Å². The number of fused-ring (bicyclic) bond motifs is 1. The number of halogens is 1. The van der Waals surface area contributed by atoms with Gasteiger partial charge in [0.1, 0.15) is 15.7 Å². The second-order valence-corrected chi connectivity index (χ2v) is 8.86. The zero-order chi connectivity index (χ0) is 21.4. The predicted molar refractivity (Wildman–Crippen MR) is 117 cm³/mol. The fraction of sp³-hybridized carbons (Fsp3) is 0.364. The van der Waals surface area contributed by atoms with Crippen molar-refractivity contribution in [1.82, 2.24) is 15.0 Å². The summed E-state index contributed by atoms with van der Waals surface area (Å²) in [5, 5.41) is 9.90. The zero-order valence-corrected chi connectivity index (χ0v) is 17.7. The van der Waals surface area contributed by atoms with Gasteiger partial charge < -0.3 is 14.9 Å². The van der Waals surface area contributed by atoms with Crippen molar-refractivity contribution in [3.8, 4) is 10.6 Å². The summed E-state index contributed by atoms with van der Waals surface area (Å²) in [6, 6.07) is 7.13. The van der Waals surface area contributed by atoms with Gasteiger partial charge in [-0.1, -0.05) is 0 Å². The maximum absolute atomic E-state index is 14.9. The summed E-state index contributed by atoms with van der Waals surface area (Å²) in [6.07, 6.45) is 5.86. The Balaban J connectivity index is 1.40. The Morgan fingerprint density at radius 2 is 2.13 bits per heavy atom. The van der Waals surface area contributed by atoms with E-state index in [9.17, 15) is 14.3 Å². The SMILES string of the molecule is O=C1c2sc(-c3ccc(N4CCC[C@@H](CO)C4)nc3F)nc2CCN1c1cccnc1. The number of anilines is 2. The first-order chi connectivity index (χ1) is 15.1. The maximum Gasteiger partial charge on any atom is 0.270 e. The van der Waals surface area contributed by atoms with Crippen LogP contribution in [0, 0.1) is 11.9 Å². The molecule has 5 heterocycles. The molecule has 0 aromatic carbocycles. The molecule has 1 amide bonds. The molecule has 3 aromatic heterocycles. The molecule has 2 aliphatic rings. The Morgan fingerprint density at radius 1 is 1.23 bits per heavy atom. The summed E-state index contributed by atoms with van der Waals surface area (Å²) in [5.41, 5.74) is 1.75. The average Bonchev–Trinajstić information content (AvgIpc) is 3.25. The van der Waals surface area contributed by atoms with Gasteiger partial charge in [0.15, 0.2) is 0 Å². The Bertz CT molecular complexity index is 1110. The molecule has 5 rings (SSSR count). The topological polar surface area (TPSA) is 82.5 Å². The lowest BCUT2D eigenvalue weighted by molar-refractivity contribution is 0.0984. The molecule has 3 aromatic rings. The van der Waals surface area contributed by atoms with Gasteiger partial charge in [0, 0.05) is 38.9 Å². The minimum atomic E-state index is -0.591. The van der Waals surface area contributed by atoms with Crippen LogP contribution in [-0.4, -0.2) is 52.2 Å². The first-order valence-corrected chi connectivity index (χ1v) is 11.2. The molecule has 7 nitrogen and oxygen atoms in total. The third-order valence-electron chi connectivity index (χ3n) is 5.83. The van der Waals surface area contributed by atoms with Gasteiger partial charge in [0.25, 0.3) is 5.91 Å². The van der Waals surface area contributed by atoms with Crippen LogP contribution in [0.3, 0.4) is 0 Å². The van der Waals surface area contributed by atoms with Crippen molar-refractivity contribution in [1.29, 1.82) is 0 Å². The molecule has 1 N–H and O–H groups in total. The van der Waals surface area contributed by atoms with Crippen LogP contribution < -0.4 is 9.80 Å². The largest absolute Gasteiger partial charge is 0.396 e. The lowest BCUT2D eigenvalue weighted by atomic mass is 9.99. The van der Waals surface area contributed by atoms with Crippen LogP contribution in [0.15, 0.2) is 36.7 Å². The van der Waals surface area contributed by atoms with E-state index in [1.54, 1.807) is 35.5 Å². The Morgan fingerprint density at radius 3 is 2.90 bits per heavy atom. The highest BCUT2D eigenvalue weighted by atomic mass is 32.1. The Kier molecular flexibility index (Phi) is 5.37. The van der Waals surface area contributed by atoms with E-state index in [-0.39, 0.29) is 18.4 Å². The lowest BCUT2D eigenvalue weighted by Gasteiger charge is -2.32. The van der Waals surface area contributed by atoms with Crippen LogP contribution in [-0.2, 0) is 6.42 Å². The summed E-state index contributed by atoms with van der Waals surface area (Å²) in [4.78, 5) is 30.0. The van der Waals surface area contributed by atoms with Gasteiger partial charge in [-0.2, -0.15) is 4.39 Å². The highest BCUT2D eigenvalue weighted by molar-refractivity contribution is 7.17. The van der Waals surface area contributed by atoms with Crippen molar-refractivity contribution < 1.29 is 14.3 Å². The quantitative estimate of drug-likeness (QED) is 0.629. The summed E-state index contributed by atoms with van der Waals surface area (Å²) < 4.78 is 14.9. The van der Waals surface area contributed by atoms with E-state index < -0.39 is 5.95 Å². The van der Waals surface area contributed by atoms with E-state index in [1.807, 2.05) is 11.0 Å². The number of thiazole rings is 1. The molecular formula is C22H22FN5O2S. The molecule has 0 spiro atoms. The predicted octanol–water partition coefficient (Wildman–Crippen LogP) is 3.15. The summed E-state index contributed by atoms with van der Waals surface area (Å²) in [7, 11) is 0. The average molecular weight is 440 g/mol. The van der Waals surface area contributed by atoms with E-state index in [4.69, 9.17) is 0 Å². The molecule has 1 fully saturated rings. The summed E-state index contributed by atoms with van der Waals surface area (Å²) in [6.45, 7) is 2.12. The van der Waals surface area contributed by atoms with E-state index in [0.717, 1.165) is 25.1 Å². The summed E-state index contributed by atoms with van der Waals surface area (Å²) in [5.74, 6) is 0.0370. The van der Waals surface area contributed by atoms with Crippen molar-refractivity contribution in [2.45, 2.75) is 19.3 Å². The highest BCUT2D eigenvalue weighted by Gasteiger charge is 2.30. The maximum atomic E-state index is 14.9. The molecule has 0 aliphatic carbocycles. The molecule has 0 unspecified atom stereocenters. The number of aliphatic hydroxyl groups excluding tert-OH is 1. The van der Waals surface area contributed by atoms with Crippen molar-refractivity contribution >= 4 is 28.7 Å². The monoisotopic (exact) mass is 439 g/mol. The van der Waals surface area contributed by atoms with Gasteiger partial charge in [-0.05, 0) is 43.0 Å². The van der Waals surface area contributed by atoms with E-state index in [1.165, 1.54) is 11.3 Å². The van der Waals surface area contributed by atoms with Crippen LogP contribution in [0.1, 0.15) is 28.2 Å². The molecule has 31 heavy (non-hydrogen) atoms. The van der Waals surface area contributed by atoms with Crippen molar-refractivity contribution in [2.24, 2.45) is 5.92 Å². The highest BCUT2D eigenvalue weighted by Crippen LogP contribution is 2.35. The Hall–Kier alpha value is -2.91. The normalized spacial score (nSPS) is 18.9. The number of hydrogen-bond acceptors (Lipinski definition) is 7. The molecule has 0 bridgehead atoms. The van der Waals surface area contributed by atoms with Crippen LogP contribution in [0.5, 0.6) is 0 Å². The number of aliphatic hydroxyl groups is 1. The number of nitrogens with zero attached hydrogens (tertiary/aromatic N) is 5. The number of amides is 1. The van der Waals surface area contributed by atoms with Crippen molar-refractivity contribution in [2.75, 3.05) is 36.0 Å². The fourth-order valence-corrected chi connectivity index (χ4v) is 5.26. The molecule has 2 aliphatic heterocycles. The van der Waals surface area contributed by atoms with E-state index in [0.29, 0.717) is 46.5 Å². The summed E-state index contributed by atoms with van der Waals surface area (Å²) >= 11 is 1.21. The third kappa shape index (κ3) is 3.79. The third-order valence-corrected chi connectivity index (χ3v) is 6.95. The number of hydrogen-bond donors (Lipinski definition) is 1. The standard InChI is InChI=1S/C22H22FN5O2S/c23-20-16(5-6-18(26-20)27-9-2-3-14(12-27)13-29)21-25-17-7-10-28(22(30)19(17)31-21)15-4-1-8-24-11-15/h1,4-6,8,11,14,29H,2-3,7,9-10,12-13H2/t14-/m1/s1. The van der Waals surface area contributed by atoms with Gasteiger partial charge in [-0.25, -0.2) is 9.97 Å².